The summed E-state index contributed by atoms with van der Waals surface area (Å²) in [6, 6.07) is 6.19. The maximum atomic E-state index is 12.3. The minimum atomic E-state index is -0.472. The summed E-state index contributed by atoms with van der Waals surface area (Å²) in [7, 11) is 0. The first kappa shape index (κ1) is 16.5. The molecule has 6 heteroatoms. The van der Waals surface area contributed by atoms with Gasteiger partial charge in [0.15, 0.2) is 0 Å². The van der Waals surface area contributed by atoms with Crippen molar-refractivity contribution in [2.45, 2.75) is 46.1 Å². The Bertz CT molecular complexity index is 746. The Kier molecular flexibility index (Phi) is 4.30. The molecular weight excluding hydrogens is 306 g/mol. The first-order valence-corrected chi connectivity index (χ1v) is 8.22. The lowest BCUT2D eigenvalue weighted by Crippen LogP contribution is -2.38. The van der Waals surface area contributed by atoms with Crippen molar-refractivity contribution in [2.75, 3.05) is 13.1 Å². The summed E-state index contributed by atoms with van der Waals surface area (Å²) in [5.74, 6) is 1.15. The predicted molar refractivity (Wildman–Crippen MR) is 89.7 cm³/mol. The first-order valence-electron chi connectivity index (χ1n) is 8.22. The number of fused-ring (bicyclic) bond motifs is 1. The number of amides is 1. The third-order valence-corrected chi connectivity index (χ3v) is 3.95. The van der Waals surface area contributed by atoms with E-state index in [1.54, 1.807) is 11.8 Å². The SMILES string of the molecule is Cc1nc(-c2ccc3c(c2)CCN(C(=O)OC(C)(C)C)CC3)no1. The molecule has 1 aliphatic rings. The lowest BCUT2D eigenvalue weighted by molar-refractivity contribution is 0.0258. The third-order valence-electron chi connectivity index (χ3n) is 3.95. The molecule has 0 bridgehead atoms. The van der Waals surface area contributed by atoms with Crippen LogP contribution in [-0.4, -0.2) is 39.8 Å². The standard InChI is InChI=1S/C18H23N3O3/c1-12-19-16(20-24-12)15-6-5-13-7-9-21(10-8-14(13)11-15)17(22)23-18(2,3)4/h5-6,11H,7-10H2,1-4H3. The van der Waals surface area contributed by atoms with Crippen LogP contribution in [0, 0.1) is 6.92 Å². The average Bonchev–Trinajstić information content (AvgIpc) is 2.81. The van der Waals surface area contributed by atoms with Gasteiger partial charge >= 0.3 is 6.09 Å². The lowest BCUT2D eigenvalue weighted by Gasteiger charge is -2.26. The van der Waals surface area contributed by atoms with Crippen LogP contribution in [0.25, 0.3) is 11.4 Å². The molecule has 0 aliphatic carbocycles. The average molecular weight is 329 g/mol. The number of rotatable bonds is 1. The van der Waals surface area contributed by atoms with Gasteiger partial charge in [-0.1, -0.05) is 17.3 Å². The van der Waals surface area contributed by atoms with E-state index in [-0.39, 0.29) is 6.09 Å². The maximum Gasteiger partial charge on any atom is 0.410 e. The smallest absolute Gasteiger partial charge is 0.410 e. The highest BCUT2D eigenvalue weighted by atomic mass is 16.6. The van der Waals surface area contributed by atoms with Crippen molar-refractivity contribution in [1.82, 2.24) is 15.0 Å². The number of aryl methyl sites for hydroxylation is 1. The van der Waals surface area contributed by atoms with Gasteiger partial charge in [-0.15, -0.1) is 0 Å². The highest BCUT2D eigenvalue weighted by Gasteiger charge is 2.24. The summed E-state index contributed by atoms with van der Waals surface area (Å²) in [4.78, 5) is 18.3. The molecule has 1 aromatic carbocycles. The number of hydrogen-bond acceptors (Lipinski definition) is 5. The van der Waals surface area contributed by atoms with Crippen LogP contribution in [0.15, 0.2) is 22.7 Å². The zero-order chi connectivity index (χ0) is 17.3. The highest BCUT2D eigenvalue weighted by Crippen LogP contribution is 2.24. The van der Waals surface area contributed by atoms with Gasteiger partial charge in [-0.05, 0) is 50.8 Å². The normalized spacial score (nSPS) is 14.9. The molecule has 0 atom stereocenters. The van der Waals surface area contributed by atoms with Crippen molar-refractivity contribution in [3.05, 3.63) is 35.2 Å². The van der Waals surface area contributed by atoms with E-state index < -0.39 is 5.60 Å². The molecule has 1 aliphatic heterocycles. The number of carbonyl (C=O) groups excluding carboxylic acids is 1. The van der Waals surface area contributed by atoms with Crippen molar-refractivity contribution in [3.8, 4) is 11.4 Å². The molecule has 2 heterocycles. The number of aromatic nitrogens is 2. The summed E-state index contributed by atoms with van der Waals surface area (Å²) in [5.41, 5.74) is 2.95. The van der Waals surface area contributed by atoms with Crippen LogP contribution in [0.5, 0.6) is 0 Å². The Balaban J connectivity index is 1.75. The van der Waals surface area contributed by atoms with Gasteiger partial charge in [0.1, 0.15) is 5.60 Å². The topological polar surface area (TPSA) is 68.5 Å². The number of ether oxygens (including phenoxy) is 1. The van der Waals surface area contributed by atoms with Gasteiger partial charge in [-0.3, -0.25) is 0 Å². The molecule has 3 rings (SSSR count). The Hall–Kier alpha value is -2.37. The van der Waals surface area contributed by atoms with E-state index in [0.717, 1.165) is 18.4 Å². The van der Waals surface area contributed by atoms with Crippen molar-refractivity contribution in [3.63, 3.8) is 0 Å². The molecule has 6 nitrogen and oxygen atoms in total. The molecule has 0 saturated carbocycles. The monoisotopic (exact) mass is 329 g/mol. The summed E-state index contributed by atoms with van der Waals surface area (Å²) in [6.07, 6.45) is 1.36. The zero-order valence-electron chi connectivity index (χ0n) is 14.6. The third kappa shape index (κ3) is 3.75. The van der Waals surface area contributed by atoms with Crippen LogP contribution in [0.4, 0.5) is 4.79 Å². The minimum Gasteiger partial charge on any atom is -0.444 e. The maximum absolute atomic E-state index is 12.3. The van der Waals surface area contributed by atoms with Crippen LogP contribution in [0.1, 0.15) is 37.8 Å². The molecule has 0 fully saturated rings. The molecule has 24 heavy (non-hydrogen) atoms. The molecule has 128 valence electrons. The Morgan fingerprint density at radius 1 is 1.21 bits per heavy atom. The fourth-order valence-electron chi connectivity index (χ4n) is 2.79. The molecule has 2 aromatic rings. The number of nitrogens with zero attached hydrogens (tertiary/aromatic N) is 3. The zero-order valence-corrected chi connectivity index (χ0v) is 14.6. The van der Waals surface area contributed by atoms with Crippen molar-refractivity contribution in [1.29, 1.82) is 0 Å². The van der Waals surface area contributed by atoms with Crippen LogP contribution >= 0.6 is 0 Å². The van der Waals surface area contributed by atoms with E-state index in [2.05, 4.69) is 22.3 Å². The fraction of sp³-hybridized carbons (Fsp3) is 0.500. The van der Waals surface area contributed by atoms with Crippen LogP contribution < -0.4 is 0 Å². The molecule has 0 spiro atoms. The Morgan fingerprint density at radius 3 is 2.54 bits per heavy atom. The van der Waals surface area contributed by atoms with Gasteiger partial charge in [0.05, 0.1) is 0 Å². The molecule has 0 unspecified atom stereocenters. The lowest BCUT2D eigenvalue weighted by atomic mass is 10.00. The fourth-order valence-corrected chi connectivity index (χ4v) is 2.79. The van der Waals surface area contributed by atoms with E-state index in [1.807, 2.05) is 26.8 Å². The molecule has 1 amide bonds. The Morgan fingerprint density at radius 2 is 1.92 bits per heavy atom. The quantitative estimate of drug-likeness (QED) is 0.802. The molecular formula is C18H23N3O3. The van der Waals surface area contributed by atoms with Crippen molar-refractivity contribution < 1.29 is 14.1 Å². The highest BCUT2D eigenvalue weighted by molar-refractivity contribution is 5.68. The van der Waals surface area contributed by atoms with Gasteiger partial charge in [0.2, 0.25) is 11.7 Å². The molecule has 1 aromatic heterocycles. The minimum absolute atomic E-state index is 0.246. The van der Waals surface area contributed by atoms with Crippen molar-refractivity contribution in [2.24, 2.45) is 0 Å². The van der Waals surface area contributed by atoms with Crippen LogP contribution in [0.2, 0.25) is 0 Å². The van der Waals surface area contributed by atoms with Gasteiger partial charge < -0.3 is 14.2 Å². The first-order chi connectivity index (χ1) is 11.3. The van der Waals surface area contributed by atoms with Gasteiger partial charge in [0.25, 0.3) is 0 Å². The van der Waals surface area contributed by atoms with E-state index in [1.165, 1.54) is 11.1 Å². The van der Waals surface area contributed by atoms with Crippen LogP contribution in [-0.2, 0) is 17.6 Å². The summed E-state index contributed by atoms with van der Waals surface area (Å²) in [5, 5.41) is 3.97. The molecule has 0 saturated heterocycles. The van der Waals surface area contributed by atoms with E-state index in [4.69, 9.17) is 9.26 Å². The van der Waals surface area contributed by atoms with E-state index in [0.29, 0.717) is 24.8 Å². The Labute approximate surface area is 141 Å². The molecule has 0 radical (unpaired) electrons. The van der Waals surface area contributed by atoms with Gasteiger partial charge in [0, 0.05) is 25.6 Å². The van der Waals surface area contributed by atoms with Crippen molar-refractivity contribution >= 4 is 6.09 Å². The van der Waals surface area contributed by atoms with Gasteiger partial charge in [-0.25, -0.2) is 4.79 Å². The second-order valence-corrected chi connectivity index (χ2v) is 7.09. The molecule has 0 N–H and O–H groups in total. The second kappa shape index (κ2) is 6.26. The van der Waals surface area contributed by atoms with E-state index in [9.17, 15) is 4.79 Å². The summed E-state index contributed by atoms with van der Waals surface area (Å²) in [6.45, 7) is 8.75. The summed E-state index contributed by atoms with van der Waals surface area (Å²) >= 11 is 0. The number of hydrogen-bond donors (Lipinski definition) is 0. The van der Waals surface area contributed by atoms with Crippen LogP contribution in [0.3, 0.4) is 0 Å². The largest absolute Gasteiger partial charge is 0.444 e. The van der Waals surface area contributed by atoms with Gasteiger partial charge in [-0.2, -0.15) is 4.98 Å². The number of benzene rings is 1. The summed E-state index contributed by atoms with van der Waals surface area (Å²) < 4.78 is 10.5. The predicted octanol–water partition coefficient (Wildman–Crippen LogP) is 3.38. The van der Waals surface area contributed by atoms with E-state index >= 15 is 0 Å². The second-order valence-electron chi connectivity index (χ2n) is 7.09. The number of carbonyl (C=O) groups is 1.